The van der Waals surface area contributed by atoms with Gasteiger partial charge in [-0.15, -0.1) is 0 Å². The standard InChI is InChI=1S/C14H16N4O2.C4H4O4/c1-8(15)7-18-13-9(6-17-18)3-4-11-10(13)5-12(20-11)14(19)16-2;5-3(6)1-2-4(7)8/h3-6,8H,7,15H2,1-2H3,(H,16,19);1-2H,(H,5,6)(H,7,8)/t8-;/m0./s1. The first-order chi connectivity index (χ1) is 13.2. The summed E-state index contributed by atoms with van der Waals surface area (Å²) < 4.78 is 7.43. The van der Waals surface area contributed by atoms with Gasteiger partial charge in [0, 0.05) is 36.0 Å². The number of fused-ring (bicyclic) bond motifs is 3. The molecule has 148 valence electrons. The Morgan fingerprint density at radius 3 is 2.46 bits per heavy atom. The lowest BCUT2D eigenvalue weighted by atomic mass is 10.2. The Labute approximate surface area is 159 Å². The number of rotatable bonds is 5. The summed E-state index contributed by atoms with van der Waals surface area (Å²) in [4.78, 5) is 30.8. The van der Waals surface area contributed by atoms with E-state index in [9.17, 15) is 14.4 Å². The largest absolute Gasteiger partial charge is 0.478 e. The quantitative estimate of drug-likeness (QED) is 0.474. The second kappa shape index (κ2) is 8.82. The Morgan fingerprint density at radius 1 is 1.29 bits per heavy atom. The number of carboxylic acids is 2. The first-order valence-electron chi connectivity index (χ1n) is 8.22. The number of furan rings is 1. The number of amides is 1. The van der Waals surface area contributed by atoms with Crippen molar-refractivity contribution in [2.45, 2.75) is 19.5 Å². The Kier molecular flexibility index (Phi) is 6.51. The van der Waals surface area contributed by atoms with Gasteiger partial charge in [-0.1, -0.05) is 0 Å². The van der Waals surface area contributed by atoms with Crippen molar-refractivity contribution in [3.8, 4) is 0 Å². The van der Waals surface area contributed by atoms with Crippen molar-refractivity contribution in [3.05, 3.63) is 42.3 Å². The lowest BCUT2D eigenvalue weighted by Gasteiger charge is -2.06. The summed E-state index contributed by atoms with van der Waals surface area (Å²) in [5, 5.41) is 24.4. The highest BCUT2D eigenvalue weighted by atomic mass is 16.4. The molecule has 0 spiro atoms. The van der Waals surface area contributed by atoms with E-state index in [1.165, 1.54) is 0 Å². The number of hydrogen-bond acceptors (Lipinski definition) is 6. The SMILES string of the molecule is CNC(=O)c1cc2c(ccc3cnn(C[C@H](C)N)c32)o1.O=C(O)C=CC(=O)O. The van der Waals surface area contributed by atoms with Crippen LogP contribution >= 0.6 is 0 Å². The highest BCUT2D eigenvalue weighted by Gasteiger charge is 2.15. The van der Waals surface area contributed by atoms with E-state index in [2.05, 4.69) is 10.4 Å². The second-order valence-corrected chi connectivity index (χ2v) is 5.92. The van der Waals surface area contributed by atoms with E-state index in [4.69, 9.17) is 20.4 Å². The molecule has 0 unspecified atom stereocenters. The normalized spacial score (nSPS) is 12.0. The van der Waals surface area contributed by atoms with E-state index >= 15 is 0 Å². The van der Waals surface area contributed by atoms with Crippen LogP contribution in [0.1, 0.15) is 17.5 Å². The van der Waals surface area contributed by atoms with Crippen LogP contribution < -0.4 is 11.1 Å². The summed E-state index contributed by atoms with van der Waals surface area (Å²) in [6.07, 6.45) is 2.91. The molecule has 5 N–H and O–H groups in total. The van der Waals surface area contributed by atoms with E-state index in [1.807, 2.05) is 23.7 Å². The molecule has 0 radical (unpaired) electrons. The average molecular weight is 388 g/mol. The third kappa shape index (κ3) is 4.95. The van der Waals surface area contributed by atoms with E-state index in [0.717, 1.165) is 16.3 Å². The van der Waals surface area contributed by atoms with Crippen molar-refractivity contribution >= 4 is 39.7 Å². The molecule has 2 heterocycles. The number of carbonyl (C=O) groups excluding carboxylic acids is 1. The molecule has 10 heteroatoms. The summed E-state index contributed by atoms with van der Waals surface area (Å²) in [6, 6.07) is 5.52. The number of aliphatic carboxylic acids is 2. The van der Waals surface area contributed by atoms with Crippen LogP contribution in [0.15, 0.2) is 41.0 Å². The van der Waals surface area contributed by atoms with Crippen molar-refractivity contribution < 1.29 is 29.0 Å². The highest BCUT2D eigenvalue weighted by molar-refractivity contribution is 6.06. The second-order valence-electron chi connectivity index (χ2n) is 5.92. The monoisotopic (exact) mass is 388 g/mol. The molecule has 0 aliphatic heterocycles. The molecule has 3 aromatic rings. The van der Waals surface area contributed by atoms with Gasteiger partial charge in [-0.2, -0.15) is 5.10 Å². The molecule has 0 bridgehead atoms. The Morgan fingerprint density at radius 2 is 1.93 bits per heavy atom. The number of carboxylic acid groups (broad SMARTS) is 2. The minimum Gasteiger partial charge on any atom is -0.478 e. The van der Waals surface area contributed by atoms with E-state index in [1.54, 1.807) is 19.3 Å². The lowest BCUT2D eigenvalue weighted by molar-refractivity contribution is -0.134. The predicted molar refractivity (Wildman–Crippen MR) is 101 cm³/mol. The molecule has 0 fully saturated rings. The summed E-state index contributed by atoms with van der Waals surface area (Å²) in [5.41, 5.74) is 7.46. The fraction of sp³-hybridized carbons (Fsp3) is 0.222. The van der Waals surface area contributed by atoms with Crippen molar-refractivity contribution in [1.82, 2.24) is 15.1 Å². The highest BCUT2D eigenvalue weighted by Crippen LogP contribution is 2.28. The van der Waals surface area contributed by atoms with Crippen molar-refractivity contribution in [3.63, 3.8) is 0 Å². The molecule has 28 heavy (non-hydrogen) atoms. The molecule has 1 amide bonds. The third-order valence-electron chi connectivity index (χ3n) is 3.58. The maximum atomic E-state index is 11.7. The maximum Gasteiger partial charge on any atom is 0.328 e. The molecule has 0 saturated heterocycles. The van der Waals surface area contributed by atoms with Crippen molar-refractivity contribution in [1.29, 1.82) is 0 Å². The van der Waals surface area contributed by atoms with Gasteiger partial charge < -0.3 is 25.7 Å². The zero-order valence-electron chi connectivity index (χ0n) is 15.2. The van der Waals surface area contributed by atoms with Crippen LogP contribution in [0, 0.1) is 0 Å². The van der Waals surface area contributed by atoms with Gasteiger partial charge >= 0.3 is 11.9 Å². The first-order valence-corrected chi connectivity index (χ1v) is 8.22. The van der Waals surface area contributed by atoms with E-state index in [-0.39, 0.29) is 11.9 Å². The van der Waals surface area contributed by atoms with Crippen LogP contribution in [0.25, 0.3) is 21.9 Å². The third-order valence-corrected chi connectivity index (χ3v) is 3.58. The molecule has 0 aliphatic rings. The van der Waals surface area contributed by atoms with Gasteiger partial charge in [0.1, 0.15) is 5.58 Å². The molecule has 0 aliphatic carbocycles. The van der Waals surface area contributed by atoms with Gasteiger partial charge in [-0.3, -0.25) is 9.48 Å². The fourth-order valence-electron chi connectivity index (χ4n) is 2.48. The molecule has 3 rings (SSSR count). The van der Waals surface area contributed by atoms with E-state index < -0.39 is 11.9 Å². The van der Waals surface area contributed by atoms with E-state index in [0.29, 0.717) is 30.0 Å². The maximum absolute atomic E-state index is 11.7. The number of benzene rings is 1. The average Bonchev–Trinajstić information content (AvgIpc) is 3.23. The first kappa shape index (κ1) is 20.6. The van der Waals surface area contributed by atoms with Gasteiger partial charge in [0.15, 0.2) is 5.76 Å². The van der Waals surface area contributed by atoms with Crippen LogP contribution in [-0.2, 0) is 16.1 Å². The van der Waals surface area contributed by atoms with Crippen LogP contribution in [0.2, 0.25) is 0 Å². The lowest BCUT2D eigenvalue weighted by Crippen LogP contribution is -2.22. The Balaban J connectivity index is 0.000000300. The molecule has 1 atom stereocenters. The topological polar surface area (TPSA) is 161 Å². The molecule has 1 aromatic carbocycles. The summed E-state index contributed by atoms with van der Waals surface area (Å²) in [6.45, 7) is 2.54. The molecular formula is C18H20N4O6. The number of aromatic nitrogens is 2. The minimum atomic E-state index is -1.26. The van der Waals surface area contributed by atoms with Gasteiger partial charge in [0.2, 0.25) is 0 Å². The van der Waals surface area contributed by atoms with Crippen LogP contribution in [0.4, 0.5) is 0 Å². The Bertz CT molecular complexity index is 1030. The smallest absolute Gasteiger partial charge is 0.328 e. The van der Waals surface area contributed by atoms with Crippen molar-refractivity contribution in [2.24, 2.45) is 5.73 Å². The van der Waals surface area contributed by atoms with Gasteiger partial charge in [-0.05, 0) is 25.1 Å². The summed E-state index contributed by atoms with van der Waals surface area (Å²) >= 11 is 0. The van der Waals surface area contributed by atoms with Gasteiger partial charge in [0.25, 0.3) is 5.91 Å². The molecule has 0 saturated carbocycles. The molecule has 10 nitrogen and oxygen atoms in total. The molecular weight excluding hydrogens is 368 g/mol. The van der Waals surface area contributed by atoms with Crippen LogP contribution in [0.3, 0.4) is 0 Å². The number of carbonyl (C=O) groups is 3. The summed E-state index contributed by atoms with van der Waals surface area (Å²) in [7, 11) is 1.57. The number of nitrogens with one attached hydrogen (secondary N) is 1. The van der Waals surface area contributed by atoms with Crippen LogP contribution in [0.5, 0.6) is 0 Å². The zero-order valence-corrected chi connectivity index (χ0v) is 15.2. The van der Waals surface area contributed by atoms with Crippen LogP contribution in [-0.4, -0.2) is 50.9 Å². The Hall–Kier alpha value is -3.66. The number of nitrogens with two attached hydrogens (primary N) is 1. The van der Waals surface area contributed by atoms with Gasteiger partial charge in [-0.25, -0.2) is 9.59 Å². The summed E-state index contributed by atoms with van der Waals surface area (Å²) in [5.74, 6) is -2.46. The number of hydrogen-bond donors (Lipinski definition) is 4. The van der Waals surface area contributed by atoms with Gasteiger partial charge in [0.05, 0.1) is 18.3 Å². The fourth-order valence-corrected chi connectivity index (χ4v) is 2.48. The number of nitrogens with zero attached hydrogens (tertiary/aromatic N) is 2. The minimum absolute atomic E-state index is 0.00123. The van der Waals surface area contributed by atoms with Crippen molar-refractivity contribution in [2.75, 3.05) is 7.05 Å². The predicted octanol–water partition coefficient (Wildman–Crippen LogP) is 1.20. The zero-order chi connectivity index (χ0) is 20.8. The molecule has 2 aromatic heterocycles.